The molecule has 6 nitrogen and oxygen atoms in total. The Labute approximate surface area is 177 Å². The number of nitrogens with zero attached hydrogens (tertiary/aromatic N) is 1. The molecular weight excluding hydrogens is 385 g/mol. The smallest absolute Gasteiger partial charge is 0.254 e. The maximum atomic E-state index is 13.9. The molecule has 2 N–H and O–H groups in total. The van der Waals surface area contributed by atoms with Crippen LogP contribution in [0.5, 0.6) is 5.75 Å². The van der Waals surface area contributed by atoms with Crippen molar-refractivity contribution in [2.24, 2.45) is 5.92 Å². The second kappa shape index (κ2) is 10.7. The number of carbonyl (C=O) groups is 2. The zero-order valence-corrected chi connectivity index (χ0v) is 18.1. The summed E-state index contributed by atoms with van der Waals surface area (Å²) in [5, 5.41) is 5.58. The Hall–Kier alpha value is -2.93. The van der Waals surface area contributed by atoms with E-state index in [1.807, 2.05) is 57.1 Å². The van der Waals surface area contributed by atoms with Crippen molar-refractivity contribution in [3.63, 3.8) is 0 Å². The van der Waals surface area contributed by atoms with Gasteiger partial charge in [0.25, 0.3) is 5.91 Å². The van der Waals surface area contributed by atoms with Crippen LogP contribution in [0.1, 0.15) is 35.8 Å². The molecule has 2 unspecified atom stereocenters. The summed E-state index contributed by atoms with van der Waals surface area (Å²) in [4.78, 5) is 27.3. The Morgan fingerprint density at radius 1 is 1.07 bits per heavy atom. The van der Waals surface area contributed by atoms with Crippen LogP contribution in [0.15, 0.2) is 48.5 Å². The fraction of sp³-hybridized carbons (Fsp3) is 0.391. The van der Waals surface area contributed by atoms with Gasteiger partial charge in [0, 0.05) is 12.1 Å². The number of para-hydroxylation sites is 1. The number of amides is 2. The van der Waals surface area contributed by atoms with E-state index in [0.717, 1.165) is 11.3 Å². The van der Waals surface area contributed by atoms with Crippen LogP contribution in [0.3, 0.4) is 0 Å². The van der Waals surface area contributed by atoms with E-state index in [1.54, 1.807) is 13.2 Å². The molecule has 0 spiro atoms. The number of halogens is 1. The topological polar surface area (TPSA) is 70.7 Å². The monoisotopic (exact) mass is 415 g/mol. The number of methoxy groups -OCH3 is 1. The van der Waals surface area contributed by atoms with Crippen molar-refractivity contribution >= 4 is 11.8 Å². The number of ether oxygens (including phenoxy) is 1. The van der Waals surface area contributed by atoms with Crippen molar-refractivity contribution < 1.29 is 18.7 Å². The summed E-state index contributed by atoms with van der Waals surface area (Å²) < 4.78 is 19.4. The van der Waals surface area contributed by atoms with Crippen LogP contribution in [0.4, 0.5) is 4.39 Å². The highest BCUT2D eigenvalue weighted by molar-refractivity contribution is 5.97. The van der Waals surface area contributed by atoms with Gasteiger partial charge < -0.3 is 20.3 Å². The Morgan fingerprint density at radius 3 is 2.30 bits per heavy atom. The first-order chi connectivity index (χ1) is 14.3. The molecule has 30 heavy (non-hydrogen) atoms. The van der Waals surface area contributed by atoms with Crippen molar-refractivity contribution in [3.05, 3.63) is 65.5 Å². The normalized spacial score (nSPS) is 13.1. The van der Waals surface area contributed by atoms with Crippen molar-refractivity contribution in [1.82, 2.24) is 15.5 Å². The van der Waals surface area contributed by atoms with Gasteiger partial charge in [0.05, 0.1) is 18.7 Å². The molecule has 0 saturated heterocycles. The third-order valence-electron chi connectivity index (χ3n) is 4.95. The van der Waals surface area contributed by atoms with E-state index in [0.29, 0.717) is 6.54 Å². The van der Waals surface area contributed by atoms with E-state index in [4.69, 9.17) is 4.74 Å². The number of hydrogen-bond acceptors (Lipinski definition) is 4. The molecule has 2 amide bonds. The molecule has 2 rings (SSSR count). The number of carbonyl (C=O) groups excluding carboxylic acids is 2. The van der Waals surface area contributed by atoms with Gasteiger partial charge in [-0.15, -0.1) is 0 Å². The van der Waals surface area contributed by atoms with Gasteiger partial charge in [-0.05, 0) is 38.2 Å². The molecule has 0 fully saturated rings. The number of nitrogens with one attached hydrogen (secondary N) is 2. The van der Waals surface area contributed by atoms with E-state index in [9.17, 15) is 14.0 Å². The molecule has 7 heteroatoms. The summed E-state index contributed by atoms with van der Waals surface area (Å²) >= 11 is 0. The highest BCUT2D eigenvalue weighted by Gasteiger charge is 2.27. The Balaban J connectivity index is 2.12. The van der Waals surface area contributed by atoms with Gasteiger partial charge in [-0.1, -0.05) is 44.2 Å². The lowest BCUT2D eigenvalue weighted by Gasteiger charge is -2.28. The highest BCUT2D eigenvalue weighted by Crippen LogP contribution is 2.27. The average Bonchev–Trinajstić information content (AvgIpc) is 2.72. The Morgan fingerprint density at radius 2 is 1.70 bits per heavy atom. The minimum atomic E-state index is -0.794. The zero-order valence-electron chi connectivity index (χ0n) is 18.1. The van der Waals surface area contributed by atoms with Crippen molar-refractivity contribution in [2.75, 3.05) is 27.7 Å². The van der Waals surface area contributed by atoms with Gasteiger partial charge in [-0.2, -0.15) is 0 Å². The molecule has 2 aromatic rings. The van der Waals surface area contributed by atoms with E-state index in [2.05, 4.69) is 10.6 Å². The lowest BCUT2D eigenvalue weighted by atomic mass is 10.0. The van der Waals surface area contributed by atoms with Crippen LogP contribution in [0.2, 0.25) is 0 Å². The second-order valence-electron chi connectivity index (χ2n) is 7.64. The van der Waals surface area contributed by atoms with E-state index in [1.165, 1.54) is 18.2 Å². The number of benzene rings is 2. The Bertz CT molecular complexity index is 870. The molecule has 0 aliphatic carbocycles. The van der Waals surface area contributed by atoms with Crippen molar-refractivity contribution in [3.8, 4) is 5.75 Å². The van der Waals surface area contributed by atoms with Gasteiger partial charge in [0.15, 0.2) is 0 Å². The summed E-state index contributed by atoms with van der Waals surface area (Å²) in [6, 6.07) is 12.4. The van der Waals surface area contributed by atoms with Crippen LogP contribution < -0.4 is 15.4 Å². The third-order valence-corrected chi connectivity index (χ3v) is 4.95. The minimum absolute atomic E-state index is 0.0869. The predicted molar refractivity (Wildman–Crippen MR) is 115 cm³/mol. The summed E-state index contributed by atoms with van der Waals surface area (Å²) in [7, 11) is 5.45. The molecule has 162 valence electrons. The molecule has 0 heterocycles. The lowest BCUT2D eigenvalue weighted by Crippen LogP contribution is -2.51. The Kier molecular flexibility index (Phi) is 8.35. The van der Waals surface area contributed by atoms with Gasteiger partial charge in [0.2, 0.25) is 5.91 Å². The standard InChI is InChI=1S/C23H30FN3O3/c1-15(2)21(26-22(28)16-10-6-8-12-18(16)24)23(29)25-14-19(27(3)4)17-11-7-9-13-20(17)30-5/h6-13,15,19,21H,14H2,1-5H3,(H,25,29)(H,26,28). The molecular formula is C23H30FN3O3. The fourth-order valence-corrected chi connectivity index (χ4v) is 3.22. The quantitative estimate of drug-likeness (QED) is 0.661. The SMILES string of the molecule is COc1ccccc1C(CNC(=O)C(NC(=O)c1ccccc1F)C(C)C)N(C)C. The maximum absolute atomic E-state index is 13.9. The van der Waals surface area contributed by atoms with E-state index >= 15 is 0 Å². The first-order valence-corrected chi connectivity index (χ1v) is 9.88. The molecule has 2 atom stereocenters. The third kappa shape index (κ3) is 5.79. The van der Waals surface area contributed by atoms with Crippen LogP contribution in [-0.4, -0.2) is 50.5 Å². The largest absolute Gasteiger partial charge is 0.496 e. The first kappa shape index (κ1) is 23.3. The van der Waals surface area contributed by atoms with Gasteiger partial charge in [0.1, 0.15) is 17.6 Å². The highest BCUT2D eigenvalue weighted by atomic mass is 19.1. The molecule has 2 aromatic carbocycles. The van der Waals surface area contributed by atoms with Gasteiger partial charge in [-0.25, -0.2) is 4.39 Å². The zero-order chi connectivity index (χ0) is 22.3. The van der Waals surface area contributed by atoms with Crippen molar-refractivity contribution in [1.29, 1.82) is 0 Å². The summed E-state index contributed by atoms with van der Waals surface area (Å²) in [5.41, 5.74) is 0.859. The maximum Gasteiger partial charge on any atom is 0.254 e. The average molecular weight is 416 g/mol. The first-order valence-electron chi connectivity index (χ1n) is 9.88. The van der Waals surface area contributed by atoms with Crippen LogP contribution in [-0.2, 0) is 4.79 Å². The van der Waals surface area contributed by atoms with Gasteiger partial charge in [-0.3, -0.25) is 9.59 Å². The second-order valence-corrected chi connectivity index (χ2v) is 7.64. The fourth-order valence-electron chi connectivity index (χ4n) is 3.22. The molecule has 0 bridgehead atoms. The molecule has 0 aromatic heterocycles. The summed E-state index contributed by atoms with van der Waals surface area (Å²) in [5.74, 6) is -1.00. The number of hydrogen-bond donors (Lipinski definition) is 2. The van der Waals surface area contributed by atoms with E-state index < -0.39 is 17.8 Å². The number of rotatable bonds is 9. The minimum Gasteiger partial charge on any atom is -0.496 e. The van der Waals surface area contributed by atoms with Crippen LogP contribution in [0.25, 0.3) is 0 Å². The van der Waals surface area contributed by atoms with Gasteiger partial charge >= 0.3 is 0 Å². The summed E-state index contributed by atoms with van der Waals surface area (Å²) in [6.07, 6.45) is 0. The molecule has 0 aliphatic rings. The summed E-state index contributed by atoms with van der Waals surface area (Å²) in [6.45, 7) is 3.98. The lowest BCUT2D eigenvalue weighted by molar-refractivity contribution is -0.124. The molecule has 0 radical (unpaired) electrons. The predicted octanol–water partition coefficient (Wildman–Crippen LogP) is 3.01. The number of likely N-dealkylation sites (N-methyl/N-ethyl adjacent to an activating group) is 1. The van der Waals surface area contributed by atoms with Crippen LogP contribution in [0, 0.1) is 11.7 Å². The van der Waals surface area contributed by atoms with Crippen LogP contribution >= 0.6 is 0 Å². The molecule has 0 saturated carbocycles. The van der Waals surface area contributed by atoms with E-state index in [-0.39, 0.29) is 23.4 Å². The van der Waals surface area contributed by atoms with Crippen molar-refractivity contribution in [2.45, 2.75) is 25.9 Å². The molecule has 0 aliphatic heterocycles.